The fraction of sp³-hybridized carbons (Fsp3) is 0.385. The SMILES string of the molecule is N[C@@H]1CCN(C(=O)CNC(=O)c2ccccc2)C1. The number of nitrogens with zero attached hydrogens (tertiary/aromatic N) is 1. The Morgan fingerprint density at radius 2 is 2.06 bits per heavy atom. The molecule has 0 radical (unpaired) electrons. The first kappa shape index (κ1) is 12.6. The Kier molecular flexibility index (Phi) is 3.94. The summed E-state index contributed by atoms with van der Waals surface area (Å²) in [5.74, 6) is -0.306. The van der Waals surface area contributed by atoms with Crippen LogP contribution in [0.15, 0.2) is 30.3 Å². The summed E-state index contributed by atoms with van der Waals surface area (Å²) in [6.07, 6.45) is 0.832. The van der Waals surface area contributed by atoms with Gasteiger partial charge in [0.1, 0.15) is 0 Å². The molecule has 0 aliphatic carbocycles. The fourth-order valence-electron chi connectivity index (χ4n) is 1.97. The average molecular weight is 247 g/mol. The highest BCUT2D eigenvalue weighted by molar-refractivity contribution is 5.96. The topological polar surface area (TPSA) is 75.4 Å². The van der Waals surface area contributed by atoms with Crippen LogP contribution in [0, 0.1) is 0 Å². The molecule has 0 aromatic heterocycles. The molecule has 1 fully saturated rings. The molecular weight excluding hydrogens is 230 g/mol. The zero-order chi connectivity index (χ0) is 13.0. The quantitative estimate of drug-likeness (QED) is 0.788. The number of carbonyl (C=O) groups is 2. The lowest BCUT2D eigenvalue weighted by Gasteiger charge is -2.15. The number of rotatable bonds is 3. The third kappa shape index (κ3) is 3.07. The summed E-state index contributed by atoms with van der Waals surface area (Å²) >= 11 is 0. The van der Waals surface area contributed by atoms with Gasteiger partial charge < -0.3 is 16.0 Å². The van der Waals surface area contributed by atoms with Gasteiger partial charge in [0.15, 0.2) is 0 Å². The van der Waals surface area contributed by atoms with E-state index in [1.807, 2.05) is 6.07 Å². The molecule has 1 saturated heterocycles. The van der Waals surface area contributed by atoms with Crippen LogP contribution < -0.4 is 11.1 Å². The largest absolute Gasteiger partial charge is 0.343 e. The molecule has 5 heteroatoms. The third-order valence-electron chi connectivity index (χ3n) is 3.01. The number of amides is 2. The van der Waals surface area contributed by atoms with E-state index in [-0.39, 0.29) is 24.4 Å². The Bertz CT molecular complexity index is 433. The van der Waals surface area contributed by atoms with Gasteiger partial charge in [0.2, 0.25) is 5.91 Å². The second-order valence-corrected chi connectivity index (χ2v) is 4.44. The molecule has 2 rings (SSSR count). The minimum absolute atomic E-state index is 0.0282. The van der Waals surface area contributed by atoms with Crippen LogP contribution in [0.25, 0.3) is 0 Å². The van der Waals surface area contributed by atoms with Crippen LogP contribution in [0.3, 0.4) is 0 Å². The summed E-state index contributed by atoms with van der Waals surface area (Å²) < 4.78 is 0. The molecular formula is C13H17N3O2. The van der Waals surface area contributed by atoms with Gasteiger partial charge in [-0.05, 0) is 18.6 Å². The molecule has 18 heavy (non-hydrogen) atoms. The Hall–Kier alpha value is -1.88. The van der Waals surface area contributed by atoms with Gasteiger partial charge in [0, 0.05) is 24.7 Å². The van der Waals surface area contributed by atoms with Crippen LogP contribution >= 0.6 is 0 Å². The lowest BCUT2D eigenvalue weighted by molar-refractivity contribution is -0.129. The number of hydrogen-bond donors (Lipinski definition) is 2. The monoisotopic (exact) mass is 247 g/mol. The first-order chi connectivity index (χ1) is 8.66. The zero-order valence-electron chi connectivity index (χ0n) is 10.1. The van der Waals surface area contributed by atoms with Crippen LogP contribution in [0.2, 0.25) is 0 Å². The summed E-state index contributed by atoms with van der Waals surface area (Å²) in [7, 11) is 0. The Morgan fingerprint density at radius 1 is 1.33 bits per heavy atom. The molecule has 0 unspecified atom stereocenters. The van der Waals surface area contributed by atoms with Crippen LogP contribution in [0.4, 0.5) is 0 Å². The lowest BCUT2D eigenvalue weighted by atomic mass is 10.2. The molecule has 1 atom stereocenters. The molecule has 96 valence electrons. The minimum atomic E-state index is -0.229. The van der Waals surface area contributed by atoms with Crippen LogP contribution in [0.5, 0.6) is 0 Å². The second kappa shape index (κ2) is 5.64. The van der Waals surface area contributed by atoms with E-state index in [2.05, 4.69) is 5.32 Å². The molecule has 1 aromatic carbocycles. The summed E-state index contributed by atoms with van der Waals surface area (Å²) in [5.41, 5.74) is 6.29. The maximum Gasteiger partial charge on any atom is 0.251 e. The van der Waals surface area contributed by atoms with Crippen molar-refractivity contribution in [3.63, 3.8) is 0 Å². The van der Waals surface area contributed by atoms with E-state index in [4.69, 9.17) is 5.73 Å². The van der Waals surface area contributed by atoms with Crippen LogP contribution in [0.1, 0.15) is 16.8 Å². The standard InChI is InChI=1S/C13H17N3O2/c14-11-6-7-16(9-11)12(17)8-15-13(18)10-4-2-1-3-5-10/h1-5,11H,6-9,14H2,(H,15,18)/t11-/m1/s1. The van der Waals surface area contributed by atoms with Gasteiger partial charge in [-0.25, -0.2) is 0 Å². The molecule has 0 spiro atoms. The number of benzene rings is 1. The lowest BCUT2D eigenvalue weighted by Crippen LogP contribution is -2.40. The summed E-state index contributed by atoms with van der Waals surface area (Å²) in [4.78, 5) is 25.2. The van der Waals surface area contributed by atoms with Crippen molar-refractivity contribution in [1.29, 1.82) is 0 Å². The Morgan fingerprint density at radius 3 is 2.67 bits per heavy atom. The minimum Gasteiger partial charge on any atom is -0.343 e. The van der Waals surface area contributed by atoms with Crippen molar-refractivity contribution in [3.8, 4) is 0 Å². The molecule has 2 amide bonds. The van der Waals surface area contributed by atoms with Gasteiger partial charge in [-0.1, -0.05) is 18.2 Å². The number of carbonyl (C=O) groups excluding carboxylic acids is 2. The fourth-order valence-corrected chi connectivity index (χ4v) is 1.97. The Labute approximate surface area is 106 Å². The van der Waals surface area contributed by atoms with E-state index in [1.165, 1.54) is 0 Å². The van der Waals surface area contributed by atoms with Gasteiger partial charge in [-0.2, -0.15) is 0 Å². The predicted molar refractivity (Wildman–Crippen MR) is 67.9 cm³/mol. The first-order valence-electron chi connectivity index (χ1n) is 6.03. The molecule has 1 aromatic rings. The van der Waals surface area contributed by atoms with E-state index in [0.29, 0.717) is 18.7 Å². The third-order valence-corrected chi connectivity index (χ3v) is 3.01. The summed E-state index contributed by atoms with van der Waals surface area (Å²) in [5, 5.41) is 2.62. The zero-order valence-corrected chi connectivity index (χ0v) is 10.1. The average Bonchev–Trinajstić information content (AvgIpc) is 2.83. The molecule has 5 nitrogen and oxygen atoms in total. The number of hydrogen-bond acceptors (Lipinski definition) is 3. The van der Waals surface area contributed by atoms with Gasteiger partial charge in [-0.3, -0.25) is 9.59 Å². The Balaban J connectivity index is 1.81. The van der Waals surface area contributed by atoms with Crippen molar-refractivity contribution in [3.05, 3.63) is 35.9 Å². The number of nitrogens with one attached hydrogen (secondary N) is 1. The second-order valence-electron chi connectivity index (χ2n) is 4.44. The molecule has 1 heterocycles. The van der Waals surface area contributed by atoms with Crippen molar-refractivity contribution in [2.75, 3.05) is 19.6 Å². The van der Waals surface area contributed by atoms with E-state index in [9.17, 15) is 9.59 Å². The highest BCUT2D eigenvalue weighted by Crippen LogP contribution is 2.06. The summed E-state index contributed by atoms with van der Waals surface area (Å²) in [6, 6.07) is 8.91. The van der Waals surface area contributed by atoms with E-state index >= 15 is 0 Å². The van der Waals surface area contributed by atoms with Crippen LogP contribution in [-0.2, 0) is 4.79 Å². The summed E-state index contributed by atoms with van der Waals surface area (Å²) in [6.45, 7) is 1.29. The predicted octanol–water partition coefficient (Wildman–Crippen LogP) is -0.0240. The molecule has 0 saturated carbocycles. The molecule has 0 bridgehead atoms. The van der Waals surface area contributed by atoms with E-state index in [1.54, 1.807) is 29.2 Å². The van der Waals surface area contributed by atoms with Crippen molar-refractivity contribution in [2.45, 2.75) is 12.5 Å². The molecule has 1 aliphatic rings. The van der Waals surface area contributed by atoms with Gasteiger partial charge in [0.25, 0.3) is 5.91 Å². The maximum absolute atomic E-state index is 11.8. The highest BCUT2D eigenvalue weighted by atomic mass is 16.2. The van der Waals surface area contributed by atoms with E-state index < -0.39 is 0 Å². The number of likely N-dealkylation sites (tertiary alicyclic amines) is 1. The van der Waals surface area contributed by atoms with Crippen molar-refractivity contribution in [2.24, 2.45) is 5.73 Å². The van der Waals surface area contributed by atoms with E-state index in [0.717, 1.165) is 6.42 Å². The maximum atomic E-state index is 11.8. The van der Waals surface area contributed by atoms with Gasteiger partial charge in [-0.15, -0.1) is 0 Å². The van der Waals surface area contributed by atoms with Crippen molar-refractivity contribution in [1.82, 2.24) is 10.2 Å². The normalized spacial score (nSPS) is 18.7. The molecule has 1 aliphatic heterocycles. The smallest absolute Gasteiger partial charge is 0.251 e. The van der Waals surface area contributed by atoms with Crippen LogP contribution in [-0.4, -0.2) is 42.4 Å². The van der Waals surface area contributed by atoms with Crippen molar-refractivity contribution >= 4 is 11.8 Å². The number of nitrogens with two attached hydrogens (primary N) is 1. The van der Waals surface area contributed by atoms with Gasteiger partial charge >= 0.3 is 0 Å². The highest BCUT2D eigenvalue weighted by Gasteiger charge is 2.23. The van der Waals surface area contributed by atoms with Crippen molar-refractivity contribution < 1.29 is 9.59 Å². The molecule has 3 N–H and O–H groups in total. The first-order valence-corrected chi connectivity index (χ1v) is 6.03. The van der Waals surface area contributed by atoms with Gasteiger partial charge in [0.05, 0.1) is 6.54 Å².